The number of nitrogens with two attached hydrogens (primary N) is 5. The van der Waals surface area contributed by atoms with Gasteiger partial charge in [0.2, 0.25) is 23.6 Å². The molecule has 0 aliphatic carbocycles. The summed E-state index contributed by atoms with van der Waals surface area (Å²) in [7, 11) is 0. The molecule has 4 atom stereocenters. The Hall–Kier alpha value is -3.46. The molecule has 15 heteroatoms. The van der Waals surface area contributed by atoms with Gasteiger partial charge >= 0.3 is 5.97 Å². The Morgan fingerprint density at radius 1 is 0.811 bits per heavy atom. The Kier molecular flexibility index (Phi) is 16.2. The van der Waals surface area contributed by atoms with Crippen LogP contribution in [-0.2, 0) is 24.0 Å². The molecule has 0 saturated carbocycles. The molecule has 0 heterocycles. The van der Waals surface area contributed by atoms with Crippen molar-refractivity contribution in [1.82, 2.24) is 16.0 Å². The lowest BCUT2D eigenvalue weighted by Gasteiger charge is -2.26. The lowest BCUT2D eigenvalue weighted by atomic mass is 10.0. The highest BCUT2D eigenvalue weighted by molar-refractivity contribution is 5.94. The van der Waals surface area contributed by atoms with Crippen molar-refractivity contribution in [3.05, 3.63) is 0 Å². The third kappa shape index (κ3) is 15.3. The minimum atomic E-state index is -1.58. The number of hydrogen-bond acceptors (Lipinski definition) is 8. The van der Waals surface area contributed by atoms with E-state index < -0.39 is 60.2 Å². The van der Waals surface area contributed by atoms with Crippen molar-refractivity contribution in [2.45, 2.75) is 83.0 Å². The van der Waals surface area contributed by atoms with Crippen molar-refractivity contribution in [1.29, 1.82) is 0 Å². The molecule has 0 aliphatic rings. The van der Waals surface area contributed by atoms with Crippen LogP contribution in [0, 0.1) is 5.92 Å². The Balaban J connectivity index is 5.59. The number of rotatable bonds is 19. The van der Waals surface area contributed by atoms with Crippen molar-refractivity contribution in [2.24, 2.45) is 39.6 Å². The van der Waals surface area contributed by atoms with Crippen LogP contribution in [-0.4, -0.2) is 77.9 Å². The van der Waals surface area contributed by atoms with E-state index in [0.717, 1.165) is 0 Å². The first kappa shape index (κ1) is 33.5. The minimum absolute atomic E-state index is 0.00520. The normalized spacial score (nSPS) is 14.1. The van der Waals surface area contributed by atoms with E-state index in [-0.39, 0.29) is 37.7 Å². The number of guanidine groups is 1. The van der Waals surface area contributed by atoms with Gasteiger partial charge in [-0.15, -0.1) is 0 Å². The summed E-state index contributed by atoms with van der Waals surface area (Å²) >= 11 is 0. The van der Waals surface area contributed by atoms with E-state index in [9.17, 15) is 29.1 Å². The standard InChI is InChI=1S/C22H43N9O6/c1-12(2)10-15(30-18(33)13(24)6-3-4-8-23)20(35)29-14(7-5-9-28-22(26)27)19(34)31-16(21(36)37)11-17(25)32/h12-16H,3-11,23-24H2,1-2H3,(H2,25,32)(H,29,35)(H,30,33)(H,31,34)(H,36,37)(H4,26,27,28). The maximum Gasteiger partial charge on any atom is 0.326 e. The Bertz CT molecular complexity index is 802. The summed E-state index contributed by atoms with van der Waals surface area (Å²) in [5.41, 5.74) is 27.1. The van der Waals surface area contributed by atoms with Gasteiger partial charge in [0, 0.05) is 6.54 Å². The molecule has 0 rings (SSSR count). The summed E-state index contributed by atoms with van der Waals surface area (Å²) in [6, 6.07) is -4.62. The van der Waals surface area contributed by atoms with Crippen LogP contribution in [0.2, 0.25) is 0 Å². The van der Waals surface area contributed by atoms with Crippen LogP contribution in [0.1, 0.15) is 58.8 Å². The highest BCUT2D eigenvalue weighted by atomic mass is 16.4. The molecule has 14 N–H and O–H groups in total. The van der Waals surface area contributed by atoms with Crippen LogP contribution in [0.25, 0.3) is 0 Å². The molecule has 4 amide bonds. The second kappa shape index (κ2) is 17.9. The van der Waals surface area contributed by atoms with Crippen molar-refractivity contribution >= 4 is 35.6 Å². The van der Waals surface area contributed by atoms with Crippen molar-refractivity contribution in [3.8, 4) is 0 Å². The van der Waals surface area contributed by atoms with Crippen LogP contribution in [0.4, 0.5) is 0 Å². The van der Waals surface area contributed by atoms with E-state index in [1.54, 1.807) is 0 Å². The Labute approximate surface area is 216 Å². The van der Waals surface area contributed by atoms with E-state index in [1.807, 2.05) is 13.8 Å². The molecule has 0 aromatic carbocycles. The number of nitrogens with zero attached hydrogens (tertiary/aromatic N) is 1. The zero-order valence-corrected chi connectivity index (χ0v) is 21.6. The summed E-state index contributed by atoms with van der Waals surface area (Å²) in [5.74, 6) is -4.56. The number of aliphatic carboxylic acids is 1. The SMILES string of the molecule is CC(C)CC(NC(=O)C(N)CCCCN)C(=O)NC(CCCN=C(N)N)C(=O)NC(CC(N)=O)C(=O)O. The van der Waals surface area contributed by atoms with Gasteiger partial charge < -0.3 is 49.7 Å². The van der Waals surface area contributed by atoms with Gasteiger partial charge in [0.05, 0.1) is 12.5 Å². The number of primary amides is 1. The van der Waals surface area contributed by atoms with Gasteiger partial charge in [-0.05, 0) is 44.6 Å². The van der Waals surface area contributed by atoms with Gasteiger partial charge in [-0.1, -0.05) is 20.3 Å². The molecular formula is C22H43N9O6. The van der Waals surface area contributed by atoms with Crippen molar-refractivity contribution in [2.75, 3.05) is 13.1 Å². The van der Waals surface area contributed by atoms with Gasteiger partial charge in [0.15, 0.2) is 5.96 Å². The molecule has 15 nitrogen and oxygen atoms in total. The largest absolute Gasteiger partial charge is 0.480 e. The number of carbonyl (C=O) groups is 5. The number of carbonyl (C=O) groups excluding carboxylic acids is 4. The fourth-order valence-electron chi connectivity index (χ4n) is 3.34. The third-order valence-corrected chi connectivity index (χ3v) is 5.24. The third-order valence-electron chi connectivity index (χ3n) is 5.24. The monoisotopic (exact) mass is 529 g/mol. The smallest absolute Gasteiger partial charge is 0.326 e. The van der Waals surface area contributed by atoms with Crippen LogP contribution in [0.5, 0.6) is 0 Å². The first-order chi connectivity index (χ1) is 17.3. The van der Waals surface area contributed by atoms with Gasteiger partial charge in [0.25, 0.3) is 0 Å². The molecular weight excluding hydrogens is 486 g/mol. The Morgan fingerprint density at radius 2 is 1.38 bits per heavy atom. The van der Waals surface area contributed by atoms with E-state index >= 15 is 0 Å². The zero-order valence-electron chi connectivity index (χ0n) is 21.6. The predicted octanol–water partition coefficient (Wildman–Crippen LogP) is -3.04. The summed E-state index contributed by atoms with van der Waals surface area (Å²) in [6.45, 7) is 4.33. The Morgan fingerprint density at radius 3 is 1.89 bits per heavy atom. The van der Waals surface area contributed by atoms with Gasteiger partial charge in [-0.25, -0.2) is 4.79 Å². The van der Waals surface area contributed by atoms with Crippen LogP contribution < -0.4 is 44.6 Å². The maximum absolute atomic E-state index is 13.1. The molecule has 4 unspecified atom stereocenters. The highest BCUT2D eigenvalue weighted by Gasteiger charge is 2.31. The average Bonchev–Trinajstić information content (AvgIpc) is 2.79. The fourth-order valence-corrected chi connectivity index (χ4v) is 3.34. The minimum Gasteiger partial charge on any atom is -0.480 e. The van der Waals surface area contributed by atoms with E-state index in [4.69, 9.17) is 28.7 Å². The summed E-state index contributed by atoms with van der Waals surface area (Å²) in [5, 5.41) is 16.7. The number of carboxylic acids is 1. The zero-order chi connectivity index (χ0) is 28.5. The summed E-state index contributed by atoms with van der Waals surface area (Å²) in [4.78, 5) is 65.0. The van der Waals surface area contributed by atoms with E-state index in [0.29, 0.717) is 25.8 Å². The van der Waals surface area contributed by atoms with Crippen molar-refractivity contribution < 1.29 is 29.1 Å². The maximum atomic E-state index is 13.1. The highest BCUT2D eigenvalue weighted by Crippen LogP contribution is 2.09. The second-order valence-corrected chi connectivity index (χ2v) is 9.16. The molecule has 0 spiro atoms. The van der Waals surface area contributed by atoms with Crippen LogP contribution in [0.3, 0.4) is 0 Å². The average molecular weight is 530 g/mol. The van der Waals surface area contributed by atoms with Gasteiger partial charge in [0.1, 0.15) is 18.1 Å². The molecule has 0 fully saturated rings. The molecule has 212 valence electrons. The lowest BCUT2D eigenvalue weighted by Crippen LogP contribution is -2.57. The quantitative estimate of drug-likeness (QED) is 0.0463. The van der Waals surface area contributed by atoms with Gasteiger partial charge in [-0.2, -0.15) is 0 Å². The molecule has 37 heavy (non-hydrogen) atoms. The molecule has 0 saturated heterocycles. The lowest BCUT2D eigenvalue weighted by molar-refractivity contribution is -0.143. The van der Waals surface area contributed by atoms with E-state index in [1.165, 1.54) is 0 Å². The summed E-state index contributed by atoms with van der Waals surface area (Å²) in [6.07, 6.45) is 1.68. The number of nitrogens with one attached hydrogen (secondary N) is 3. The second-order valence-electron chi connectivity index (χ2n) is 9.16. The van der Waals surface area contributed by atoms with Crippen LogP contribution in [0.15, 0.2) is 4.99 Å². The number of carboxylic acid groups (broad SMARTS) is 1. The first-order valence-electron chi connectivity index (χ1n) is 12.2. The van der Waals surface area contributed by atoms with Gasteiger partial charge in [-0.3, -0.25) is 24.2 Å². The topological polar surface area (TPSA) is 284 Å². The van der Waals surface area contributed by atoms with Crippen LogP contribution >= 0.6 is 0 Å². The molecule has 0 aromatic heterocycles. The molecule has 0 aromatic rings. The molecule has 0 aliphatic heterocycles. The number of hydrogen-bond donors (Lipinski definition) is 9. The van der Waals surface area contributed by atoms with Crippen molar-refractivity contribution in [3.63, 3.8) is 0 Å². The summed E-state index contributed by atoms with van der Waals surface area (Å²) < 4.78 is 0. The first-order valence-corrected chi connectivity index (χ1v) is 12.2. The molecule has 0 radical (unpaired) electrons. The number of aliphatic imine (C=N–C) groups is 1. The van der Waals surface area contributed by atoms with E-state index in [2.05, 4.69) is 20.9 Å². The number of amides is 4. The molecule has 0 bridgehead atoms. The fraction of sp³-hybridized carbons (Fsp3) is 0.727. The number of unbranched alkanes of at least 4 members (excludes halogenated alkanes) is 1. The predicted molar refractivity (Wildman–Crippen MR) is 137 cm³/mol.